The Bertz CT molecular complexity index is 492. The highest BCUT2D eigenvalue weighted by atomic mass is 16.4. The summed E-state index contributed by atoms with van der Waals surface area (Å²) < 4.78 is 0. The zero-order valence-corrected chi connectivity index (χ0v) is 13.1. The number of amides is 1. The van der Waals surface area contributed by atoms with Crippen LogP contribution in [0.3, 0.4) is 0 Å². The molecule has 1 fully saturated rings. The predicted molar refractivity (Wildman–Crippen MR) is 85.5 cm³/mol. The van der Waals surface area contributed by atoms with Gasteiger partial charge in [-0.3, -0.25) is 9.59 Å². The second-order valence-electron chi connectivity index (χ2n) is 6.19. The Labute approximate surface area is 131 Å². The van der Waals surface area contributed by atoms with Crippen molar-refractivity contribution in [1.82, 2.24) is 5.32 Å². The van der Waals surface area contributed by atoms with Gasteiger partial charge in [-0.25, -0.2) is 0 Å². The van der Waals surface area contributed by atoms with Crippen molar-refractivity contribution in [2.45, 2.75) is 51.5 Å². The van der Waals surface area contributed by atoms with E-state index < -0.39 is 5.97 Å². The zero-order chi connectivity index (χ0) is 15.9. The molecule has 1 unspecified atom stereocenters. The topological polar surface area (TPSA) is 66.4 Å². The predicted octanol–water partition coefficient (Wildman–Crippen LogP) is 3.01. The minimum Gasteiger partial charge on any atom is -0.481 e. The first kappa shape index (κ1) is 16.5. The zero-order valence-electron chi connectivity index (χ0n) is 13.1. The first-order chi connectivity index (χ1) is 10.6. The Morgan fingerprint density at radius 3 is 2.27 bits per heavy atom. The van der Waals surface area contributed by atoms with Gasteiger partial charge in [0.05, 0.1) is 5.92 Å². The van der Waals surface area contributed by atoms with Crippen molar-refractivity contribution in [2.75, 3.05) is 0 Å². The number of hydrogen-bond acceptors (Lipinski definition) is 2. The molecule has 1 atom stereocenters. The van der Waals surface area contributed by atoms with Crippen molar-refractivity contribution in [3.05, 3.63) is 35.9 Å². The summed E-state index contributed by atoms with van der Waals surface area (Å²) >= 11 is 0. The van der Waals surface area contributed by atoms with Crippen molar-refractivity contribution >= 4 is 11.9 Å². The van der Waals surface area contributed by atoms with E-state index in [0.29, 0.717) is 25.7 Å². The van der Waals surface area contributed by atoms with Gasteiger partial charge < -0.3 is 10.4 Å². The van der Waals surface area contributed by atoms with Crippen molar-refractivity contribution in [2.24, 2.45) is 11.8 Å². The maximum absolute atomic E-state index is 12.4. The molecule has 2 N–H and O–H groups in total. The quantitative estimate of drug-likeness (QED) is 0.849. The molecule has 4 nitrogen and oxygen atoms in total. The molecule has 2 rings (SSSR count). The highest BCUT2D eigenvalue weighted by Gasteiger charge is 2.30. The molecule has 0 aromatic heterocycles. The van der Waals surface area contributed by atoms with Gasteiger partial charge in [-0.05, 0) is 44.1 Å². The molecule has 0 bridgehead atoms. The van der Waals surface area contributed by atoms with Gasteiger partial charge in [-0.1, -0.05) is 37.3 Å². The van der Waals surface area contributed by atoms with Gasteiger partial charge in [0.25, 0.3) is 0 Å². The van der Waals surface area contributed by atoms with Crippen molar-refractivity contribution < 1.29 is 14.7 Å². The third-order valence-electron chi connectivity index (χ3n) is 4.61. The van der Waals surface area contributed by atoms with Crippen molar-refractivity contribution in [3.8, 4) is 0 Å². The van der Waals surface area contributed by atoms with Crippen LogP contribution in [0.15, 0.2) is 30.3 Å². The Morgan fingerprint density at radius 1 is 1.14 bits per heavy atom. The summed E-state index contributed by atoms with van der Waals surface area (Å²) in [4.78, 5) is 23.3. The molecule has 4 heteroatoms. The number of nitrogens with one attached hydrogen (secondary N) is 1. The molecule has 0 spiro atoms. The largest absolute Gasteiger partial charge is 0.481 e. The Hall–Kier alpha value is -1.84. The van der Waals surface area contributed by atoms with Crippen molar-refractivity contribution in [3.63, 3.8) is 0 Å². The van der Waals surface area contributed by atoms with Gasteiger partial charge in [0, 0.05) is 12.0 Å². The van der Waals surface area contributed by atoms with Crippen LogP contribution in [-0.2, 0) is 16.0 Å². The standard InChI is InChI=1S/C18H25NO3/c1-2-16(12-13-6-4-3-5-7-13)19-17(20)14-8-10-15(11-9-14)18(21)22/h3-7,14-16H,2,8-12H2,1H3,(H,19,20)(H,21,22). The number of carboxylic acids is 1. The molecular weight excluding hydrogens is 278 g/mol. The van der Waals surface area contributed by atoms with Crippen LogP contribution in [0.25, 0.3) is 0 Å². The average molecular weight is 303 g/mol. The molecule has 0 heterocycles. The number of hydrogen-bond donors (Lipinski definition) is 2. The number of carbonyl (C=O) groups excluding carboxylic acids is 1. The number of carboxylic acid groups (broad SMARTS) is 1. The van der Waals surface area contributed by atoms with E-state index in [1.54, 1.807) is 0 Å². The Morgan fingerprint density at radius 2 is 1.73 bits per heavy atom. The summed E-state index contributed by atoms with van der Waals surface area (Å²) in [5.41, 5.74) is 1.23. The van der Waals surface area contributed by atoms with Crippen LogP contribution < -0.4 is 5.32 Å². The highest BCUT2D eigenvalue weighted by molar-refractivity contribution is 5.79. The summed E-state index contributed by atoms with van der Waals surface area (Å²) in [6.07, 6.45) is 4.33. The maximum atomic E-state index is 12.4. The van der Waals surface area contributed by atoms with Gasteiger partial charge in [0.15, 0.2) is 0 Å². The van der Waals surface area contributed by atoms with Crippen LogP contribution >= 0.6 is 0 Å². The minimum atomic E-state index is -0.727. The van der Waals surface area contributed by atoms with Crippen molar-refractivity contribution in [1.29, 1.82) is 0 Å². The fraction of sp³-hybridized carbons (Fsp3) is 0.556. The first-order valence-corrected chi connectivity index (χ1v) is 8.17. The summed E-state index contributed by atoms with van der Waals surface area (Å²) in [6, 6.07) is 10.3. The molecule has 1 aliphatic rings. The Kier molecular flexibility index (Phi) is 5.99. The summed E-state index contributed by atoms with van der Waals surface area (Å²) in [5, 5.41) is 12.2. The fourth-order valence-electron chi connectivity index (χ4n) is 3.12. The van der Waals surface area contributed by atoms with E-state index in [9.17, 15) is 9.59 Å². The lowest BCUT2D eigenvalue weighted by Crippen LogP contribution is -2.41. The molecule has 1 amide bonds. The van der Waals surface area contributed by atoms with Gasteiger partial charge in [-0.15, -0.1) is 0 Å². The molecule has 0 saturated heterocycles. The lowest BCUT2D eigenvalue weighted by atomic mass is 9.81. The van der Waals surface area contributed by atoms with Crippen LogP contribution in [0, 0.1) is 11.8 Å². The van der Waals surface area contributed by atoms with Gasteiger partial charge in [0.1, 0.15) is 0 Å². The minimum absolute atomic E-state index is 0.0274. The highest BCUT2D eigenvalue weighted by Crippen LogP contribution is 2.29. The summed E-state index contributed by atoms with van der Waals surface area (Å²) in [6.45, 7) is 2.08. The van der Waals surface area contributed by atoms with Crippen LogP contribution in [0.4, 0.5) is 0 Å². The van der Waals surface area contributed by atoms with Crippen LogP contribution in [0.2, 0.25) is 0 Å². The lowest BCUT2D eigenvalue weighted by Gasteiger charge is -2.27. The number of benzene rings is 1. The third kappa shape index (κ3) is 4.58. The van der Waals surface area contributed by atoms with E-state index in [2.05, 4.69) is 24.4 Å². The molecule has 1 aromatic carbocycles. The Balaban J connectivity index is 1.83. The van der Waals surface area contributed by atoms with Crippen LogP contribution in [0.5, 0.6) is 0 Å². The van der Waals surface area contributed by atoms with E-state index >= 15 is 0 Å². The second-order valence-corrected chi connectivity index (χ2v) is 6.19. The molecule has 22 heavy (non-hydrogen) atoms. The molecule has 0 aliphatic heterocycles. The van der Waals surface area contributed by atoms with E-state index in [1.165, 1.54) is 5.56 Å². The van der Waals surface area contributed by atoms with Gasteiger partial charge in [-0.2, -0.15) is 0 Å². The molecule has 1 aromatic rings. The second kappa shape index (κ2) is 7.97. The van der Waals surface area contributed by atoms with Gasteiger partial charge in [0.2, 0.25) is 5.91 Å². The van der Waals surface area contributed by atoms with Gasteiger partial charge >= 0.3 is 5.97 Å². The van der Waals surface area contributed by atoms with Crippen LogP contribution in [0.1, 0.15) is 44.6 Å². The number of aliphatic carboxylic acids is 1. The van der Waals surface area contributed by atoms with E-state index in [0.717, 1.165) is 12.8 Å². The summed E-state index contributed by atoms with van der Waals surface area (Å²) in [5.74, 6) is -0.934. The SMILES string of the molecule is CCC(Cc1ccccc1)NC(=O)C1CCC(C(=O)O)CC1. The smallest absolute Gasteiger partial charge is 0.306 e. The number of carbonyl (C=O) groups is 2. The third-order valence-corrected chi connectivity index (χ3v) is 4.61. The normalized spacial score (nSPS) is 22.8. The fourth-order valence-corrected chi connectivity index (χ4v) is 3.12. The molecule has 0 radical (unpaired) electrons. The van der Waals surface area contributed by atoms with E-state index in [1.807, 2.05) is 18.2 Å². The van der Waals surface area contributed by atoms with E-state index in [-0.39, 0.29) is 23.8 Å². The molecular formula is C18H25NO3. The average Bonchev–Trinajstić information content (AvgIpc) is 2.55. The number of rotatable bonds is 6. The molecule has 120 valence electrons. The first-order valence-electron chi connectivity index (χ1n) is 8.17. The molecule has 1 saturated carbocycles. The van der Waals surface area contributed by atoms with E-state index in [4.69, 9.17) is 5.11 Å². The monoisotopic (exact) mass is 303 g/mol. The lowest BCUT2D eigenvalue weighted by molar-refractivity contribution is -0.144. The summed E-state index contributed by atoms with van der Waals surface area (Å²) in [7, 11) is 0. The maximum Gasteiger partial charge on any atom is 0.306 e. The molecule has 1 aliphatic carbocycles. The van der Waals surface area contributed by atoms with Crippen LogP contribution in [-0.4, -0.2) is 23.0 Å².